The van der Waals surface area contributed by atoms with Gasteiger partial charge in [-0.2, -0.15) is 0 Å². The monoisotopic (exact) mass is 229 g/mol. The first-order valence-electron chi connectivity index (χ1n) is 4.09. The fraction of sp³-hybridized carbons (Fsp3) is 1.00. The maximum absolute atomic E-state index is 9.58. The van der Waals surface area contributed by atoms with Crippen molar-refractivity contribution in [2.75, 3.05) is 19.7 Å². The van der Waals surface area contributed by atoms with E-state index in [0.29, 0.717) is 0 Å². The lowest BCUT2D eigenvalue weighted by molar-refractivity contribution is -0.153. The Morgan fingerprint density at radius 3 is 2.36 bits per heavy atom. The molecule has 1 saturated heterocycles. The van der Waals surface area contributed by atoms with E-state index in [2.05, 4.69) is 5.32 Å². The lowest BCUT2D eigenvalue weighted by Gasteiger charge is -2.31. The number of nitrogens with one attached hydrogen (secondary N) is 1. The van der Waals surface area contributed by atoms with E-state index >= 15 is 0 Å². The van der Waals surface area contributed by atoms with Gasteiger partial charge in [0.2, 0.25) is 0 Å². The molecule has 0 aromatic carbocycles. The molecule has 0 aromatic heterocycles. The standard InChI is InChI=1S/C7H15NO5.ClH/c9-3-7(13)2-8-1-4(10)5(11)6(7)12;/h4-6,8-13H,1-3H2;1H/t4-,5+,6-,7-;/m0./s1. The summed E-state index contributed by atoms with van der Waals surface area (Å²) in [7, 11) is 0. The Kier molecular flexibility index (Phi) is 5.24. The molecule has 1 heterocycles. The van der Waals surface area contributed by atoms with Crippen molar-refractivity contribution in [2.24, 2.45) is 0 Å². The van der Waals surface area contributed by atoms with Gasteiger partial charge in [0.05, 0.1) is 12.7 Å². The third kappa shape index (κ3) is 2.54. The molecule has 86 valence electrons. The Balaban J connectivity index is 0.00000169. The summed E-state index contributed by atoms with van der Waals surface area (Å²) in [6.07, 6.45) is -4.15. The van der Waals surface area contributed by atoms with E-state index in [1.54, 1.807) is 0 Å². The van der Waals surface area contributed by atoms with Gasteiger partial charge < -0.3 is 30.8 Å². The summed E-state index contributed by atoms with van der Waals surface area (Å²) >= 11 is 0. The van der Waals surface area contributed by atoms with Crippen molar-refractivity contribution >= 4 is 12.4 Å². The normalized spacial score (nSPS) is 43.9. The van der Waals surface area contributed by atoms with Gasteiger partial charge in [0, 0.05) is 13.1 Å². The number of aliphatic hydroxyl groups excluding tert-OH is 4. The van der Waals surface area contributed by atoms with Gasteiger partial charge in [0.25, 0.3) is 0 Å². The highest BCUT2D eigenvalue weighted by Crippen LogP contribution is 2.17. The molecule has 1 fully saturated rings. The molecule has 0 aliphatic carbocycles. The number of halogens is 1. The summed E-state index contributed by atoms with van der Waals surface area (Å²) in [5.74, 6) is 0. The van der Waals surface area contributed by atoms with Crippen LogP contribution in [0.15, 0.2) is 0 Å². The Hall–Kier alpha value is 0.0500. The molecule has 0 unspecified atom stereocenters. The van der Waals surface area contributed by atoms with Crippen molar-refractivity contribution in [3.63, 3.8) is 0 Å². The lowest BCUT2D eigenvalue weighted by atomic mass is 9.93. The quantitative estimate of drug-likeness (QED) is 0.283. The second-order valence-corrected chi connectivity index (χ2v) is 3.40. The number of hydrogen-bond acceptors (Lipinski definition) is 6. The molecular weight excluding hydrogens is 214 g/mol. The Morgan fingerprint density at radius 1 is 1.29 bits per heavy atom. The summed E-state index contributed by atoms with van der Waals surface area (Å²) in [6.45, 7) is -0.676. The molecule has 1 aliphatic rings. The van der Waals surface area contributed by atoms with Crippen molar-refractivity contribution in [3.05, 3.63) is 0 Å². The fourth-order valence-corrected chi connectivity index (χ4v) is 1.34. The van der Waals surface area contributed by atoms with Crippen molar-refractivity contribution < 1.29 is 25.5 Å². The van der Waals surface area contributed by atoms with Crippen molar-refractivity contribution in [1.29, 1.82) is 0 Å². The average molecular weight is 230 g/mol. The third-order valence-electron chi connectivity index (χ3n) is 2.33. The predicted molar refractivity (Wildman–Crippen MR) is 50.2 cm³/mol. The number of rotatable bonds is 1. The Bertz CT molecular complexity index is 183. The second-order valence-electron chi connectivity index (χ2n) is 3.40. The Morgan fingerprint density at radius 2 is 1.86 bits per heavy atom. The van der Waals surface area contributed by atoms with Gasteiger partial charge in [0.15, 0.2) is 0 Å². The van der Waals surface area contributed by atoms with Gasteiger partial charge in [-0.25, -0.2) is 0 Å². The zero-order valence-corrected chi connectivity index (χ0v) is 8.31. The van der Waals surface area contributed by atoms with Crippen LogP contribution < -0.4 is 5.32 Å². The van der Waals surface area contributed by atoms with E-state index in [1.807, 2.05) is 0 Å². The molecule has 0 saturated carbocycles. The van der Waals surface area contributed by atoms with Gasteiger partial charge in [-0.05, 0) is 0 Å². The number of hydrogen-bond donors (Lipinski definition) is 6. The van der Waals surface area contributed by atoms with Crippen LogP contribution in [0.25, 0.3) is 0 Å². The zero-order valence-electron chi connectivity index (χ0n) is 7.50. The summed E-state index contributed by atoms with van der Waals surface area (Å²) in [5.41, 5.74) is -1.79. The van der Waals surface area contributed by atoms with Crippen LogP contribution in [0, 0.1) is 0 Å². The van der Waals surface area contributed by atoms with Crippen LogP contribution in [0.1, 0.15) is 0 Å². The molecule has 0 bridgehead atoms. The average Bonchev–Trinajstić information content (AvgIpc) is 2.21. The highest BCUT2D eigenvalue weighted by Gasteiger charge is 2.44. The van der Waals surface area contributed by atoms with E-state index < -0.39 is 30.5 Å². The van der Waals surface area contributed by atoms with Crippen molar-refractivity contribution in [1.82, 2.24) is 5.32 Å². The van der Waals surface area contributed by atoms with E-state index in [9.17, 15) is 20.4 Å². The number of β-amino-alcohol motifs (C(OH)–C–C–N with tert-alkyl or cyclic N) is 2. The minimum Gasteiger partial charge on any atom is -0.393 e. The smallest absolute Gasteiger partial charge is 0.128 e. The summed E-state index contributed by atoms with van der Waals surface area (Å²) in [6, 6.07) is 0. The van der Waals surface area contributed by atoms with E-state index in [0.717, 1.165) is 0 Å². The molecule has 1 aliphatic heterocycles. The van der Waals surface area contributed by atoms with E-state index in [1.165, 1.54) is 0 Å². The zero-order chi connectivity index (χ0) is 10.1. The SMILES string of the molecule is Cl.OC[C@@]1(O)CNC[C@H](O)[C@@H](O)[C@@H]1O. The number of aliphatic hydroxyl groups is 5. The summed E-state index contributed by atoms with van der Waals surface area (Å²) in [4.78, 5) is 0. The minimum atomic E-state index is -1.79. The van der Waals surface area contributed by atoms with E-state index in [-0.39, 0.29) is 25.5 Å². The third-order valence-corrected chi connectivity index (χ3v) is 2.33. The molecule has 0 radical (unpaired) electrons. The molecule has 7 heteroatoms. The van der Waals surface area contributed by atoms with Crippen LogP contribution in [-0.4, -0.2) is 69.1 Å². The van der Waals surface area contributed by atoms with Crippen molar-refractivity contribution in [2.45, 2.75) is 23.9 Å². The Labute approximate surface area is 87.6 Å². The molecule has 0 aromatic rings. The minimum absolute atomic E-state index is 0. The molecule has 6 N–H and O–H groups in total. The highest BCUT2D eigenvalue weighted by atomic mass is 35.5. The first-order chi connectivity index (χ1) is 6.01. The fourth-order valence-electron chi connectivity index (χ4n) is 1.34. The first kappa shape index (κ1) is 14.1. The molecule has 14 heavy (non-hydrogen) atoms. The molecular formula is C7H16ClNO5. The van der Waals surface area contributed by atoms with Crippen LogP contribution in [-0.2, 0) is 0 Å². The second kappa shape index (κ2) is 5.22. The maximum atomic E-state index is 9.58. The van der Waals surface area contributed by atoms with Crippen LogP contribution >= 0.6 is 12.4 Å². The van der Waals surface area contributed by atoms with Gasteiger partial charge in [-0.3, -0.25) is 0 Å². The first-order valence-corrected chi connectivity index (χ1v) is 4.09. The van der Waals surface area contributed by atoms with Gasteiger partial charge in [-0.15, -0.1) is 12.4 Å². The van der Waals surface area contributed by atoms with Crippen LogP contribution in [0.2, 0.25) is 0 Å². The molecule has 4 atom stereocenters. The maximum Gasteiger partial charge on any atom is 0.128 e. The molecule has 0 spiro atoms. The summed E-state index contributed by atoms with van der Waals surface area (Å²) in [5, 5.41) is 48.9. The molecule has 1 rings (SSSR count). The lowest BCUT2D eigenvalue weighted by Crippen LogP contribution is -2.56. The largest absolute Gasteiger partial charge is 0.393 e. The van der Waals surface area contributed by atoms with E-state index in [4.69, 9.17) is 5.11 Å². The van der Waals surface area contributed by atoms with Gasteiger partial charge in [0.1, 0.15) is 17.8 Å². The van der Waals surface area contributed by atoms with Crippen LogP contribution in [0.3, 0.4) is 0 Å². The predicted octanol–water partition coefficient (Wildman–Crippen LogP) is -3.18. The van der Waals surface area contributed by atoms with Crippen molar-refractivity contribution in [3.8, 4) is 0 Å². The van der Waals surface area contributed by atoms with Gasteiger partial charge >= 0.3 is 0 Å². The topological polar surface area (TPSA) is 113 Å². The molecule has 0 amide bonds. The molecule has 6 nitrogen and oxygen atoms in total. The van der Waals surface area contributed by atoms with Crippen LogP contribution in [0.4, 0.5) is 0 Å². The summed E-state index contributed by atoms with van der Waals surface area (Å²) < 4.78 is 0. The highest BCUT2D eigenvalue weighted by molar-refractivity contribution is 5.85. The van der Waals surface area contributed by atoms with Crippen LogP contribution in [0.5, 0.6) is 0 Å². The van der Waals surface area contributed by atoms with Gasteiger partial charge in [-0.1, -0.05) is 0 Å².